The summed E-state index contributed by atoms with van der Waals surface area (Å²) in [5.41, 5.74) is 6.61. The van der Waals surface area contributed by atoms with E-state index in [9.17, 15) is 13.2 Å². The van der Waals surface area contributed by atoms with Crippen molar-refractivity contribution in [3.8, 4) is 5.75 Å². The average Bonchev–Trinajstić information content (AvgIpc) is 2.62. The van der Waals surface area contributed by atoms with Crippen LogP contribution in [-0.4, -0.2) is 12.5 Å². The van der Waals surface area contributed by atoms with Crippen molar-refractivity contribution >= 4 is 5.69 Å². The molecule has 0 amide bonds. The first-order chi connectivity index (χ1) is 8.37. The van der Waals surface area contributed by atoms with Gasteiger partial charge in [-0.3, -0.25) is 0 Å². The SMILES string of the molecule is Cc1cc(OCC2CCC(F)(F)C2)c(F)cc1N. The van der Waals surface area contributed by atoms with Gasteiger partial charge in [-0.2, -0.15) is 0 Å². The van der Waals surface area contributed by atoms with Crippen molar-refractivity contribution < 1.29 is 17.9 Å². The number of hydrogen-bond acceptors (Lipinski definition) is 2. The second kappa shape index (κ2) is 4.71. The van der Waals surface area contributed by atoms with Gasteiger partial charge in [-0.25, -0.2) is 13.2 Å². The van der Waals surface area contributed by atoms with Crippen molar-refractivity contribution in [3.05, 3.63) is 23.5 Å². The van der Waals surface area contributed by atoms with Crippen LogP contribution in [0.15, 0.2) is 12.1 Å². The molecule has 1 saturated carbocycles. The largest absolute Gasteiger partial charge is 0.490 e. The Morgan fingerprint density at radius 3 is 2.78 bits per heavy atom. The molecule has 0 bridgehead atoms. The van der Waals surface area contributed by atoms with E-state index >= 15 is 0 Å². The number of rotatable bonds is 3. The van der Waals surface area contributed by atoms with Crippen LogP contribution in [0.2, 0.25) is 0 Å². The van der Waals surface area contributed by atoms with E-state index in [-0.39, 0.29) is 31.1 Å². The van der Waals surface area contributed by atoms with Crippen molar-refractivity contribution in [1.29, 1.82) is 0 Å². The van der Waals surface area contributed by atoms with Crippen LogP contribution in [0.4, 0.5) is 18.9 Å². The van der Waals surface area contributed by atoms with Crippen LogP contribution in [0.1, 0.15) is 24.8 Å². The fourth-order valence-corrected chi connectivity index (χ4v) is 2.17. The van der Waals surface area contributed by atoms with E-state index in [1.165, 1.54) is 12.1 Å². The number of nitrogens with two attached hydrogens (primary N) is 1. The van der Waals surface area contributed by atoms with Gasteiger partial charge in [0.05, 0.1) is 6.61 Å². The van der Waals surface area contributed by atoms with Crippen LogP contribution in [-0.2, 0) is 0 Å². The quantitative estimate of drug-likeness (QED) is 0.843. The summed E-state index contributed by atoms with van der Waals surface area (Å²) in [5, 5.41) is 0. The first-order valence-corrected chi connectivity index (χ1v) is 5.93. The van der Waals surface area contributed by atoms with Crippen molar-refractivity contribution in [1.82, 2.24) is 0 Å². The number of alkyl halides is 2. The standard InChI is InChI=1S/C13H16F3NO/c1-8-4-12(10(14)5-11(8)17)18-7-9-2-3-13(15,16)6-9/h4-5,9H,2-3,6-7,17H2,1H3. The van der Waals surface area contributed by atoms with Crippen molar-refractivity contribution in [2.45, 2.75) is 32.1 Å². The van der Waals surface area contributed by atoms with Gasteiger partial charge in [-0.1, -0.05) is 0 Å². The molecule has 5 heteroatoms. The first-order valence-electron chi connectivity index (χ1n) is 5.93. The molecule has 0 saturated heterocycles. The lowest BCUT2D eigenvalue weighted by Gasteiger charge is -2.14. The Hall–Kier alpha value is -1.39. The lowest BCUT2D eigenvalue weighted by Crippen LogP contribution is -2.14. The Bertz CT molecular complexity index is 448. The third-order valence-electron chi connectivity index (χ3n) is 3.30. The lowest BCUT2D eigenvalue weighted by molar-refractivity contribution is 0.00286. The van der Waals surface area contributed by atoms with Crippen LogP contribution >= 0.6 is 0 Å². The highest BCUT2D eigenvalue weighted by Gasteiger charge is 2.39. The molecule has 100 valence electrons. The summed E-state index contributed by atoms with van der Waals surface area (Å²) in [6, 6.07) is 2.69. The molecule has 0 spiro atoms. The molecule has 0 aliphatic heterocycles. The van der Waals surface area contributed by atoms with Crippen LogP contribution in [0.25, 0.3) is 0 Å². The molecule has 1 aliphatic carbocycles. The second-order valence-electron chi connectivity index (χ2n) is 4.91. The molecular weight excluding hydrogens is 243 g/mol. The molecule has 1 fully saturated rings. The number of hydrogen-bond donors (Lipinski definition) is 1. The van der Waals surface area contributed by atoms with Crippen molar-refractivity contribution in [2.24, 2.45) is 5.92 Å². The maximum Gasteiger partial charge on any atom is 0.248 e. The summed E-state index contributed by atoms with van der Waals surface area (Å²) in [5.74, 6) is -3.28. The third kappa shape index (κ3) is 2.89. The smallest absolute Gasteiger partial charge is 0.248 e. The Morgan fingerprint density at radius 2 is 2.17 bits per heavy atom. The van der Waals surface area contributed by atoms with Crippen molar-refractivity contribution in [3.63, 3.8) is 0 Å². The van der Waals surface area contributed by atoms with E-state index in [0.29, 0.717) is 17.7 Å². The number of halogens is 3. The fourth-order valence-electron chi connectivity index (χ4n) is 2.17. The Kier molecular flexibility index (Phi) is 3.41. The van der Waals surface area contributed by atoms with Crippen LogP contribution in [0, 0.1) is 18.7 Å². The summed E-state index contributed by atoms with van der Waals surface area (Å²) in [6.07, 6.45) is 0.134. The molecule has 0 heterocycles. The van der Waals surface area contributed by atoms with Crippen LogP contribution in [0.5, 0.6) is 5.75 Å². The highest BCUT2D eigenvalue weighted by molar-refractivity contribution is 5.50. The zero-order valence-corrected chi connectivity index (χ0v) is 10.2. The molecule has 18 heavy (non-hydrogen) atoms. The average molecular weight is 259 g/mol. The molecule has 1 atom stereocenters. The molecule has 1 unspecified atom stereocenters. The predicted octanol–water partition coefficient (Wildman–Crippen LogP) is 3.53. The maximum atomic E-state index is 13.5. The van der Waals surface area contributed by atoms with E-state index < -0.39 is 11.7 Å². The normalized spacial score (nSPS) is 22.1. The summed E-state index contributed by atoms with van der Waals surface area (Å²) in [7, 11) is 0. The van der Waals surface area contributed by atoms with Gasteiger partial charge in [0.15, 0.2) is 11.6 Å². The van der Waals surface area contributed by atoms with E-state index in [1.54, 1.807) is 6.92 Å². The molecule has 1 aromatic carbocycles. The van der Waals surface area contributed by atoms with Gasteiger partial charge in [0, 0.05) is 24.6 Å². The number of aryl methyl sites for hydroxylation is 1. The van der Waals surface area contributed by atoms with Gasteiger partial charge in [0.25, 0.3) is 0 Å². The topological polar surface area (TPSA) is 35.2 Å². The second-order valence-corrected chi connectivity index (χ2v) is 4.91. The predicted molar refractivity (Wildman–Crippen MR) is 63.3 cm³/mol. The van der Waals surface area contributed by atoms with Gasteiger partial charge in [-0.15, -0.1) is 0 Å². The molecule has 1 aliphatic rings. The minimum atomic E-state index is -2.59. The summed E-state index contributed by atoms with van der Waals surface area (Å²) < 4.78 is 44.7. The third-order valence-corrected chi connectivity index (χ3v) is 3.30. The van der Waals surface area contributed by atoms with Gasteiger partial charge in [0.1, 0.15) is 0 Å². The van der Waals surface area contributed by atoms with Crippen LogP contribution in [0.3, 0.4) is 0 Å². The zero-order valence-electron chi connectivity index (χ0n) is 10.2. The molecule has 2 N–H and O–H groups in total. The fraction of sp³-hybridized carbons (Fsp3) is 0.538. The maximum absolute atomic E-state index is 13.5. The van der Waals surface area contributed by atoms with Gasteiger partial charge in [0.2, 0.25) is 5.92 Å². The van der Waals surface area contributed by atoms with Gasteiger partial charge < -0.3 is 10.5 Å². The van der Waals surface area contributed by atoms with E-state index in [0.717, 1.165) is 0 Å². The highest BCUT2D eigenvalue weighted by Crippen LogP contribution is 2.39. The molecule has 1 aromatic rings. The van der Waals surface area contributed by atoms with E-state index in [2.05, 4.69) is 0 Å². The van der Waals surface area contributed by atoms with Crippen LogP contribution < -0.4 is 10.5 Å². The molecular formula is C13H16F3NO. The summed E-state index contributed by atoms with van der Waals surface area (Å²) in [6.45, 7) is 1.86. The zero-order chi connectivity index (χ0) is 13.3. The monoisotopic (exact) mass is 259 g/mol. The lowest BCUT2D eigenvalue weighted by atomic mass is 10.1. The number of benzene rings is 1. The highest BCUT2D eigenvalue weighted by atomic mass is 19.3. The van der Waals surface area contributed by atoms with E-state index in [1.807, 2.05) is 0 Å². The number of nitrogen functional groups attached to an aromatic ring is 1. The molecule has 2 nitrogen and oxygen atoms in total. The Morgan fingerprint density at radius 1 is 1.44 bits per heavy atom. The van der Waals surface area contributed by atoms with Gasteiger partial charge >= 0.3 is 0 Å². The number of anilines is 1. The minimum Gasteiger partial charge on any atom is -0.490 e. The van der Waals surface area contributed by atoms with Gasteiger partial charge in [-0.05, 0) is 30.9 Å². The Balaban J connectivity index is 1.97. The summed E-state index contributed by atoms with van der Waals surface area (Å²) in [4.78, 5) is 0. The molecule has 0 aromatic heterocycles. The first kappa shape index (κ1) is 13.1. The molecule has 0 radical (unpaired) electrons. The Labute approximate surface area is 104 Å². The number of ether oxygens (including phenoxy) is 1. The molecule has 2 rings (SSSR count). The van der Waals surface area contributed by atoms with Crippen molar-refractivity contribution in [2.75, 3.05) is 12.3 Å². The van der Waals surface area contributed by atoms with E-state index in [4.69, 9.17) is 10.5 Å². The summed E-state index contributed by atoms with van der Waals surface area (Å²) >= 11 is 0. The minimum absolute atomic E-state index is 0.0805.